The van der Waals surface area contributed by atoms with Gasteiger partial charge in [-0.3, -0.25) is 4.79 Å². The summed E-state index contributed by atoms with van der Waals surface area (Å²) in [4.78, 5) is 12.6. The third-order valence-corrected chi connectivity index (χ3v) is 4.36. The SMILES string of the molecule is CC[C@@H](C)c1ccccc1NC(=O)c1ccc2ccccc2c1. The number of benzene rings is 3. The molecule has 0 unspecified atom stereocenters. The highest BCUT2D eigenvalue weighted by Gasteiger charge is 2.12. The standard InChI is InChI=1S/C21H21NO/c1-3-15(2)19-10-6-7-11-20(19)22-21(23)18-13-12-16-8-4-5-9-17(16)14-18/h4-15H,3H2,1-2H3,(H,22,23)/t15-/m1/s1. The number of amides is 1. The van der Waals surface area contributed by atoms with Crippen LogP contribution in [0.2, 0.25) is 0 Å². The van der Waals surface area contributed by atoms with E-state index in [0.29, 0.717) is 11.5 Å². The van der Waals surface area contributed by atoms with Gasteiger partial charge in [-0.2, -0.15) is 0 Å². The zero-order valence-electron chi connectivity index (χ0n) is 13.5. The molecule has 3 rings (SSSR count). The molecule has 0 spiro atoms. The average Bonchev–Trinajstić information content (AvgIpc) is 2.61. The largest absolute Gasteiger partial charge is 0.322 e. The van der Waals surface area contributed by atoms with Crippen LogP contribution in [0.4, 0.5) is 5.69 Å². The second-order valence-corrected chi connectivity index (χ2v) is 5.91. The van der Waals surface area contributed by atoms with Crippen LogP contribution in [0.15, 0.2) is 66.7 Å². The number of carbonyl (C=O) groups is 1. The third kappa shape index (κ3) is 3.26. The Hall–Kier alpha value is -2.61. The fourth-order valence-corrected chi connectivity index (χ4v) is 2.79. The number of para-hydroxylation sites is 1. The average molecular weight is 303 g/mol. The minimum atomic E-state index is -0.0634. The van der Waals surface area contributed by atoms with E-state index in [2.05, 4.69) is 31.3 Å². The smallest absolute Gasteiger partial charge is 0.255 e. The van der Waals surface area contributed by atoms with E-state index in [1.165, 1.54) is 5.56 Å². The lowest BCUT2D eigenvalue weighted by Crippen LogP contribution is -2.13. The monoisotopic (exact) mass is 303 g/mol. The molecular weight excluding hydrogens is 282 g/mol. The summed E-state index contributed by atoms with van der Waals surface area (Å²) in [7, 11) is 0. The number of fused-ring (bicyclic) bond motifs is 1. The van der Waals surface area contributed by atoms with Gasteiger partial charge in [0, 0.05) is 11.3 Å². The maximum absolute atomic E-state index is 12.6. The molecule has 0 bridgehead atoms. The Kier molecular flexibility index (Phi) is 4.42. The van der Waals surface area contributed by atoms with E-state index >= 15 is 0 Å². The van der Waals surface area contributed by atoms with Crippen molar-refractivity contribution in [2.75, 3.05) is 5.32 Å². The van der Waals surface area contributed by atoms with E-state index in [4.69, 9.17) is 0 Å². The molecular formula is C21H21NO. The molecule has 116 valence electrons. The molecule has 2 heteroatoms. The molecule has 0 aromatic heterocycles. The maximum atomic E-state index is 12.6. The Morgan fingerprint density at radius 2 is 1.65 bits per heavy atom. The Morgan fingerprint density at radius 1 is 0.957 bits per heavy atom. The Labute approximate surface area is 137 Å². The molecule has 0 radical (unpaired) electrons. The molecule has 23 heavy (non-hydrogen) atoms. The van der Waals surface area contributed by atoms with Gasteiger partial charge in [0.1, 0.15) is 0 Å². The highest BCUT2D eigenvalue weighted by molar-refractivity contribution is 6.06. The van der Waals surface area contributed by atoms with Crippen LogP contribution in [0.25, 0.3) is 10.8 Å². The van der Waals surface area contributed by atoms with E-state index in [1.54, 1.807) is 0 Å². The van der Waals surface area contributed by atoms with Gasteiger partial charge in [-0.15, -0.1) is 0 Å². The van der Waals surface area contributed by atoms with Crippen molar-refractivity contribution in [1.82, 2.24) is 0 Å². The van der Waals surface area contributed by atoms with Crippen LogP contribution in [0.5, 0.6) is 0 Å². The van der Waals surface area contributed by atoms with Crippen molar-refractivity contribution in [2.24, 2.45) is 0 Å². The van der Waals surface area contributed by atoms with Gasteiger partial charge < -0.3 is 5.32 Å². The van der Waals surface area contributed by atoms with Crippen molar-refractivity contribution in [3.63, 3.8) is 0 Å². The molecule has 0 aliphatic heterocycles. The van der Waals surface area contributed by atoms with Crippen LogP contribution >= 0.6 is 0 Å². The van der Waals surface area contributed by atoms with Gasteiger partial charge in [0.15, 0.2) is 0 Å². The molecule has 1 amide bonds. The summed E-state index contributed by atoms with van der Waals surface area (Å²) in [6.07, 6.45) is 1.04. The molecule has 0 saturated carbocycles. The van der Waals surface area contributed by atoms with Gasteiger partial charge in [0.2, 0.25) is 0 Å². The summed E-state index contributed by atoms with van der Waals surface area (Å²) in [5, 5.41) is 5.29. The first-order chi connectivity index (χ1) is 11.2. The number of hydrogen-bond acceptors (Lipinski definition) is 1. The van der Waals surface area contributed by atoms with Gasteiger partial charge in [0.25, 0.3) is 5.91 Å². The van der Waals surface area contributed by atoms with Crippen molar-refractivity contribution in [1.29, 1.82) is 0 Å². The molecule has 0 heterocycles. The van der Waals surface area contributed by atoms with Gasteiger partial charge in [0.05, 0.1) is 0 Å². The summed E-state index contributed by atoms with van der Waals surface area (Å²) in [5.74, 6) is 0.356. The highest BCUT2D eigenvalue weighted by Crippen LogP contribution is 2.27. The minimum Gasteiger partial charge on any atom is -0.322 e. The number of rotatable bonds is 4. The summed E-state index contributed by atoms with van der Waals surface area (Å²) >= 11 is 0. The first kappa shape index (κ1) is 15.3. The molecule has 1 N–H and O–H groups in total. The van der Waals surface area contributed by atoms with Crippen LogP contribution in [0.3, 0.4) is 0 Å². The lowest BCUT2D eigenvalue weighted by molar-refractivity contribution is 0.102. The molecule has 3 aromatic rings. The highest BCUT2D eigenvalue weighted by atomic mass is 16.1. The lowest BCUT2D eigenvalue weighted by Gasteiger charge is -2.15. The normalized spacial score (nSPS) is 12.1. The Morgan fingerprint density at radius 3 is 2.43 bits per heavy atom. The van der Waals surface area contributed by atoms with Crippen molar-refractivity contribution in [3.8, 4) is 0 Å². The summed E-state index contributed by atoms with van der Waals surface area (Å²) in [6, 6.07) is 21.9. The van der Waals surface area contributed by atoms with Crippen LogP contribution in [0, 0.1) is 0 Å². The van der Waals surface area contributed by atoms with Gasteiger partial charge in [-0.1, -0.05) is 62.4 Å². The van der Waals surface area contributed by atoms with E-state index in [9.17, 15) is 4.79 Å². The van der Waals surface area contributed by atoms with E-state index in [-0.39, 0.29) is 5.91 Å². The fraction of sp³-hybridized carbons (Fsp3) is 0.190. The van der Waals surface area contributed by atoms with Crippen molar-refractivity contribution in [3.05, 3.63) is 77.9 Å². The molecule has 0 fully saturated rings. The number of hydrogen-bond donors (Lipinski definition) is 1. The molecule has 3 aromatic carbocycles. The quantitative estimate of drug-likeness (QED) is 0.667. The van der Waals surface area contributed by atoms with Gasteiger partial charge >= 0.3 is 0 Å². The number of anilines is 1. The maximum Gasteiger partial charge on any atom is 0.255 e. The first-order valence-corrected chi connectivity index (χ1v) is 8.08. The topological polar surface area (TPSA) is 29.1 Å². The van der Waals surface area contributed by atoms with E-state index in [0.717, 1.165) is 22.9 Å². The Balaban J connectivity index is 1.89. The zero-order chi connectivity index (χ0) is 16.2. The zero-order valence-corrected chi connectivity index (χ0v) is 13.5. The number of nitrogens with one attached hydrogen (secondary N) is 1. The molecule has 2 nitrogen and oxygen atoms in total. The van der Waals surface area contributed by atoms with Gasteiger partial charge in [-0.25, -0.2) is 0 Å². The Bertz CT molecular complexity index is 838. The lowest BCUT2D eigenvalue weighted by atomic mass is 9.96. The molecule has 0 aliphatic rings. The van der Waals surface area contributed by atoms with Crippen LogP contribution in [0.1, 0.15) is 42.1 Å². The van der Waals surface area contributed by atoms with Crippen molar-refractivity contribution >= 4 is 22.4 Å². The molecule has 0 saturated heterocycles. The van der Waals surface area contributed by atoms with Gasteiger partial charge in [-0.05, 0) is 46.9 Å². The second kappa shape index (κ2) is 6.66. The van der Waals surface area contributed by atoms with Crippen molar-refractivity contribution < 1.29 is 4.79 Å². The van der Waals surface area contributed by atoms with E-state index in [1.807, 2.05) is 54.6 Å². The summed E-state index contributed by atoms with van der Waals surface area (Å²) in [5.41, 5.74) is 2.77. The van der Waals surface area contributed by atoms with Crippen molar-refractivity contribution in [2.45, 2.75) is 26.2 Å². The van der Waals surface area contributed by atoms with Crippen LogP contribution in [-0.2, 0) is 0 Å². The number of carbonyl (C=O) groups excluding carboxylic acids is 1. The second-order valence-electron chi connectivity index (χ2n) is 5.91. The van der Waals surface area contributed by atoms with Crippen LogP contribution in [-0.4, -0.2) is 5.91 Å². The molecule has 1 atom stereocenters. The summed E-state index contributed by atoms with van der Waals surface area (Å²) < 4.78 is 0. The fourth-order valence-electron chi connectivity index (χ4n) is 2.79. The predicted octanol–water partition coefficient (Wildman–Crippen LogP) is 5.61. The van der Waals surface area contributed by atoms with E-state index < -0.39 is 0 Å². The third-order valence-electron chi connectivity index (χ3n) is 4.36. The minimum absolute atomic E-state index is 0.0634. The first-order valence-electron chi connectivity index (χ1n) is 8.08. The molecule has 0 aliphatic carbocycles. The predicted molar refractivity (Wildman–Crippen MR) is 97.0 cm³/mol. The van der Waals surface area contributed by atoms with Crippen LogP contribution < -0.4 is 5.32 Å². The summed E-state index contributed by atoms with van der Waals surface area (Å²) in [6.45, 7) is 4.34.